The highest BCUT2D eigenvalue weighted by Gasteiger charge is 2.27. The fourth-order valence-corrected chi connectivity index (χ4v) is 5.79. The molecular formula is C23H25N3O5S2. The van der Waals surface area contributed by atoms with E-state index in [4.69, 9.17) is 9.26 Å². The van der Waals surface area contributed by atoms with Gasteiger partial charge in [0.05, 0.1) is 35.1 Å². The summed E-state index contributed by atoms with van der Waals surface area (Å²) >= 11 is 1.47. The maximum Gasteiger partial charge on any atom is 0.256 e. The number of hydrogen-bond acceptors (Lipinski definition) is 7. The average Bonchev–Trinajstić information content (AvgIpc) is 3.24. The van der Waals surface area contributed by atoms with E-state index in [1.54, 1.807) is 24.3 Å². The van der Waals surface area contributed by atoms with E-state index in [1.165, 1.54) is 22.1 Å². The van der Waals surface area contributed by atoms with Crippen LogP contribution in [0.5, 0.6) is 0 Å². The van der Waals surface area contributed by atoms with Crippen molar-refractivity contribution >= 4 is 33.4 Å². The number of aryl methyl sites for hydroxylation is 2. The van der Waals surface area contributed by atoms with Crippen LogP contribution in [0.25, 0.3) is 0 Å². The van der Waals surface area contributed by atoms with Crippen molar-refractivity contribution in [2.45, 2.75) is 29.4 Å². The number of amides is 1. The number of carbonyl (C=O) groups is 1. The lowest BCUT2D eigenvalue weighted by Gasteiger charge is -2.26. The molecule has 8 nitrogen and oxygen atoms in total. The third-order valence-electron chi connectivity index (χ3n) is 5.24. The number of nitrogens with zero attached hydrogens (tertiary/aromatic N) is 2. The first-order chi connectivity index (χ1) is 15.8. The number of anilines is 1. The van der Waals surface area contributed by atoms with Crippen LogP contribution in [-0.4, -0.2) is 50.1 Å². The first-order valence-electron chi connectivity index (χ1n) is 10.5. The summed E-state index contributed by atoms with van der Waals surface area (Å²) in [5, 5.41) is 6.78. The molecule has 33 heavy (non-hydrogen) atoms. The van der Waals surface area contributed by atoms with E-state index in [2.05, 4.69) is 10.5 Å². The van der Waals surface area contributed by atoms with Gasteiger partial charge in [-0.15, -0.1) is 11.8 Å². The van der Waals surface area contributed by atoms with E-state index in [0.717, 1.165) is 21.9 Å². The SMILES string of the molecule is Cc1cc(CSc2ccccc2C(=O)Nc2cc(S(=O)(=O)N3CCOCC3)ccc2C)on1. The molecule has 0 bridgehead atoms. The molecule has 0 spiro atoms. The number of hydrogen-bond donors (Lipinski definition) is 1. The van der Waals surface area contributed by atoms with E-state index in [-0.39, 0.29) is 10.8 Å². The van der Waals surface area contributed by atoms with Crippen LogP contribution in [-0.2, 0) is 20.5 Å². The van der Waals surface area contributed by atoms with Crippen molar-refractivity contribution in [1.82, 2.24) is 9.46 Å². The number of ether oxygens (including phenoxy) is 1. The fourth-order valence-electron chi connectivity index (χ4n) is 3.44. The molecule has 2 aromatic carbocycles. The molecule has 1 aliphatic rings. The van der Waals surface area contributed by atoms with Crippen LogP contribution in [0.2, 0.25) is 0 Å². The van der Waals surface area contributed by atoms with Gasteiger partial charge in [0.1, 0.15) is 5.76 Å². The van der Waals surface area contributed by atoms with Crippen LogP contribution in [0, 0.1) is 13.8 Å². The van der Waals surface area contributed by atoms with Gasteiger partial charge in [-0.2, -0.15) is 4.31 Å². The number of sulfonamides is 1. The highest BCUT2D eigenvalue weighted by atomic mass is 32.2. The summed E-state index contributed by atoms with van der Waals surface area (Å²) in [7, 11) is -3.67. The molecule has 3 aromatic rings. The van der Waals surface area contributed by atoms with Gasteiger partial charge < -0.3 is 14.6 Å². The number of aromatic nitrogens is 1. The first-order valence-corrected chi connectivity index (χ1v) is 12.9. The number of nitrogens with one attached hydrogen (secondary N) is 1. The maximum absolute atomic E-state index is 13.1. The Hall–Kier alpha value is -2.66. The summed E-state index contributed by atoms with van der Waals surface area (Å²) in [6, 6.07) is 13.9. The van der Waals surface area contributed by atoms with E-state index in [1.807, 2.05) is 32.0 Å². The highest BCUT2D eigenvalue weighted by molar-refractivity contribution is 7.98. The van der Waals surface area contributed by atoms with Gasteiger partial charge in [-0.25, -0.2) is 8.42 Å². The third-order valence-corrected chi connectivity index (χ3v) is 8.23. The Morgan fingerprint density at radius 3 is 2.61 bits per heavy atom. The van der Waals surface area contributed by atoms with Crippen molar-refractivity contribution in [2.75, 3.05) is 31.6 Å². The summed E-state index contributed by atoms with van der Waals surface area (Å²) in [6.45, 7) is 5.05. The normalized spacial score (nSPS) is 14.8. The maximum atomic E-state index is 13.1. The molecule has 1 fully saturated rings. The summed E-state index contributed by atoms with van der Waals surface area (Å²) in [4.78, 5) is 14.1. The van der Waals surface area contributed by atoms with Crippen LogP contribution < -0.4 is 5.32 Å². The van der Waals surface area contributed by atoms with E-state index in [0.29, 0.717) is 43.3 Å². The van der Waals surface area contributed by atoms with Crippen molar-refractivity contribution in [3.05, 3.63) is 71.1 Å². The minimum atomic E-state index is -3.67. The molecule has 0 aliphatic carbocycles. The zero-order valence-corrected chi connectivity index (χ0v) is 20.0. The van der Waals surface area contributed by atoms with Crippen LogP contribution in [0.15, 0.2) is 62.8 Å². The summed E-state index contributed by atoms with van der Waals surface area (Å²) < 4.78 is 38.0. The summed E-state index contributed by atoms with van der Waals surface area (Å²) in [6.07, 6.45) is 0. The molecule has 174 valence electrons. The Morgan fingerprint density at radius 1 is 1.12 bits per heavy atom. The van der Waals surface area contributed by atoms with Gasteiger partial charge in [-0.05, 0) is 43.7 Å². The lowest BCUT2D eigenvalue weighted by atomic mass is 10.1. The third kappa shape index (κ3) is 5.47. The van der Waals surface area contributed by atoms with E-state index < -0.39 is 10.0 Å². The second kappa shape index (κ2) is 10.1. The predicted molar refractivity (Wildman–Crippen MR) is 126 cm³/mol. The Bertz CT molecular complexity index is 1250. The van der Waals surface area contributed by atoms with Gasteiger partial charge in [0.2, 0.25) is 10.0 Å². The monoisotopic (exact) mass is 487 g/mol. The minimum absolute atomic E-state index is 0.147. The van der Waals surface area contributed by atoms with Gasteiger partial charge in [0, 0.05) is 29.7 Å². The lowest BCUT2D eigenvalue weighted by molar-refractivity contribution is 0.0730. The van der Waals surface area contributed by atoms with Crippen LogP contribution in [0.3, 0.4) is 0 Å². The number of thioether (sulfide) groups is 1. The molecule has 2 heterocycles. The molecule has 1 aromatic heterocycles. The second-order valence-electron chi connectivity index (χ2n) is 7.67. The zero-order valence-electron chi connectivity index (χ0n) is 18.4. The number of carbonyl (C=O) groups excluding carboxylic acids is 1. The van der Waals surface area contributed by atoms with Gasteiger partial charge in [-0.1, -0.05) is 23.4 Å². The van der Waals surface area contributed by atoms with Gasteiger partial charge >= 0.3 is 0 Å². The van der Waals surface area contributed by atoms with Crippen molar-refractivity contribution < 1.29 is 22.5 Å². The fraction of sp³-hybridized carbons (Fsp3) is 0.304. The van der Waals surface area contributed by atoms with Gasteiger partial charge in [0.15, 0.2) is 0 Å². The molecular weight excluding hydrogens is 462 g/mol. The smallest absolute Gasteiger partial charge is 0.256 e. The average molecular weight is 488 g/mol. The molecule has 1 aliphatic heterocycles. The van der Waals surface area contributed by atoms with E-state index >= 15 is 0 Å². The molecule has 10 heteroatoms. The lowest BCUT2D eigenvalue weighted by Crippen LogP contribution is -2.40. The Balaban J connectivity index is 1.53. The quantitative estimate of drug-likeness (QED) is 0.505. The van der Waals surface area contributed by atoms with Crippen LogP contribution in [0.4, 0.5) is 5.69 Å². The molecule has 0 atom stereocenters. The Morgan fingerprint density at radius 2 is 1.88 bits per heavy atom. The zero-order chi connectivity index (χ0) is 23.4. The largest absolute Gasteiger partial charge is 0.379 e. The van der Waals surface area contributed by atoms with Crippen molar-refractivity contribution in [1.29, 1.82) is 0 Å². The second-order valence-corrected chi connectivity index (χ2v) is 10.6. The Labute approximate surface area is 197 Å². The van der Waals surface area contributed by atoms with Crippen molar-refractivity contribution in [3.8, 4) is 0 Å². The van der Waals surface area contributed by atoms with Crippen LogP contribution in [0.1, 0.15) is 27.4 Å². The molecule has 0 saturated carbocycles. The molecule has 0 unspecified atom stereocenters. The van der Waals surface area contributed by atoms with Gasteiger partial charge in [0.25, 0.3) is 5.91 Å². The van der Waals surface area contributed by atoms with E-state index in [9.17, 15) is 13.2 Å². The Kier molecular flexibility index (Phi) is 7.18. The number of morpholine rings is 1. The van der Waals surface area contributed by atoms with Gasteiger partial charge in [-0.3, -0.25) is 4.79 Å². The van der Waals surface area contributed by atoms with Crippen LogP contribution >= 0.6 is 11.8 Å². The topological polar surface area (TPSA) is 102 Å². The minimum Gasteiger partial charge on any atom is -0.379 e. The standard InChI is InChI=1S/C23H25N3O5S2/c1-16-7-8-19(33(28,29)26-9-11-30-12-10-26)14-21(16)24-23(27)20-5-3-4-6-22(20)32-15-18-13-17(2)25-31-18/h3-8,13-14H,9-12,15H2,1-2H3,(H,24,27). The summed E-state index contributed by atoms with van der Waals surface area (Å²) in [5.74, 6) is 0.956. The predicted octanol–water partition coefficient (Wildman–Crippen LogP) is 3.86. The molecule has 4 rings (SSSR count). The molecule has 1 saturated heterocycles. The molecule has 1 amide bonds. The number of rotatable bonds is 7. The van der Waals surface area contributed by atoms with Crippen molar-refractivity contribution in [3.63, 3.8) is 0 Å². The molecule has 0 radical (unpaired) electrons. The van der Waals surface area contributed by atoms with Crippen molar-refractivity contribution in [2.24, 2.45) is 0 Å². The highest BCUT2D eigenvalue weighted by Crippen LogP contribution is 2.29. The first kappa shape index (κ1) is 23.5. The molecule has 1 N–H and O–H groups in total. The number of benzene rings is 2. The summed E-state index contributed by atoms with van der Waals surface area (Å²) in [5.41, 5.74) is 2.53.